The Balaban J connectivity index is 2.17. The van der Waals surface area contributed by atoms with E-state index in [9.17, 15) is 35.4 Å². The second-order valence-electron chi connectivity index (χ2n) is 6.27. The van der Waals surface area contributed by atoms with Crippen LogP contribution in [0.15, 0.2) is 0 Å². The van der Waals surface area contributed by atoms with Crippen molar-refractivity contribution in [1.29, 1.82) is 0 Å². The number of nitrogens with one attached hydrogen (secondary N) is 1. The van der Waals surface area contributed by atoms with E-state index in [2.05, 4.69) is 5.32 Å². The minimum absolute atomic E-state index is 0.567. The van der Waals surface area contributed by atoms with Gasteiger partial charge in [-0.2, -0.15) is 0 Å². The van der Waals surface area contributed by atoms with Gasteiger partial charge in [-0.05, 0) is 0 Å². The fraction of sp³-hybridized carbons (Fsp3) is 0.929. The summed E-state index contributed by atoms with van der Waals surface area (Å²) in [5, 5.41) is 70.4. The lowest BCUT2D eigenvalue weighted by Gasteiger charge is -2.43. The van der Waals surface area contributed by atoms with Crippen LogP contribution in [0.1, 0.15) is 6.92 Å². The molecule has 0 saturated carbocycles. The summed E-state index contributed by atoms with van der Waals surface area (Å²) in [7, 11) is 0. The van der Waals surface area contributed by atoms with Gasteiger partial charge in [0, 0.05) is 6.92 Å². The number of carbonyl (C=O) groups excluding carboxylic acids is 1. The van der Waals surface area contributed by atoms with Crippen molar-refractivity contribution in [1.82, 2.24) is 5.32 Å². The molecule has 26 heavy (non-hydrogen) atoms. The summed E-state index contributed by atoms with van der Waals surface area (Å²) in [6, 6.07) is -1.26. The van der Waals surface area contributed by atoms with Gasteiger partial charge in [-0.1, -0.05) is 0 Å². The molecule has 2 rings (SSSR count). The van der Waals surface area contributed by atoms with Gasteiger partial charge in [0.05, 0.1) is 13.2 Å². The van der Waals surface area contributed by atoms with Gasteiger partial charge in [0.15, 0.2) is 12.6 Å². The summed E-state index contributed by atoms with van der Waals surface area (Å²) in [5.41, 5.74) is 0. The summed E-state index contributed by atoms with van der Waals surface area (Å²) in [5.74, 6) is -0.567. The largest absolute Gasteiger partial charge is 0.394 e. The van der Waals surface area contributed by atoms with E-state index in [1.807, 2.05) is 0 Å². The van der Waals surface area contributed by atoms with E-state index in [1.54, 1.807) is 0 Å². The first-order valence-electron chi connectivity index (χ1n) is 8.06. The van der Waals surface area contributed by atoms with Crippen molar-refractivity contribution in [3.05, 3.63) is 0 Å². The van der Waals surface area contributed by atoms with Crippen LogP contribution >= 0.6 is 0 Å². The number of ether oxygens (including phenoxy) is 3. The number of carbonyl (C=O) groups is 1. The summed E-state index contributed by atoms with van der Waals surface area (Å²) in [4.78, 5) is 11.3. The van der Waals surface area contributed by atoms with Gasteiger partial charge in [0.25, 0.3) is 0 Å². The van der Waals surface area contributed by atoms with Crippen LogP contribution in [0.5, 0.6) is 0 Å². The molecule has 0 aromatic heterocycles. The molecule has 2 saturated heterocycles. The maximum Gasteiger partial charge on any atom is 0.217 e. The molecule has 1 amide bonds. The highest BCUT2D eigenvalue weighted by atomic mass is 16.7. The first kappa shape index (κ1) is 21.4. The molecule has 8 N–H and O–H groups in total. The van der Waals surface area contributed by atoms with Crippen LogP contribution in [0.4, 0.5) is 0 Å². The lowest BCUT2D eigenvalue weighted by Crippen LogP contribution is -2.65. The summed E-state index contributed by atoms with van der Waals surface area (Å²) < 4.78 is 15.7. The molecular weight excluding hydrogens is 358 g/mol. The Kier molecular flexibility index (Phi) is 7.27. The Labute approximate surface area is 148 Å². The average molecular weight is 383 g/mol. The summed E-state index contributed by atoms with van der Waals surface area (Å²) >= 11 is 0. The predicted molar refractivity (Wildman–Crippen MR) is 80.2 cm³/mol. The van der Waals surface area contributed by atoms with Crippen LogP contribution in [0.25, 0.3) is 0 Å². The maximum atomic E-state index is 11.3. The third-order valence-corrected chi connectivity index (χ3v) is 4.36. The normalized spacial score (nSPS) is 44.7. The molecule has 2 aliphatic heterocycles. The fourth-order valence-corrected chi connectivity index (χ4v) is 3.00. The Bertz CT molecular complexity index is 480. The standard InChI is InChI=1S/C14H25NO11/c1-4(18)15-7-12(8(20)6(3-17)24-13(7)23)26-14-10(22)9(21)11(25-14)5(19)2-16/h5-14,16-17,19-23H,2-3H2,1H3,(H,15,18)/t5-,6-,7-,8+,9-,10-,11+,12-,13-,14+/m1/s1. The molecule has 0 radical (unpaired) electrons. The zero-order valence-electron chi connectivity index (χ0n) is 14.0. The highest BCUT2D eigenvalue weighted by Gasteiger charge is 2.52. The van der Waals surface area contributed by atoms with Crippen LogP contribution in [-0.2, 0) is 19.0 Å². The SMILES string of the molecule is CC(=O)N[C@@H]1[C@@H](O[C@@H]2O[C@@H]([C@H](O)CO)[C@H](O)[C@H]2O)[C@@H](O)[C@@H](CO)O[C@H]1O. The number of aliphatic hydroxyl groups excluding tert-OH is 7. The molecule has 0 spiro atoms. The highest BCUT2D eigenvalue weighted by Crippen LogP contribution is 2.30. The van der Waals surface area contributed by atoms with Crippen molar-refractivity contribution >= 4 is 5.91 Å². The van der Waals surface area contributed by atoms with Gasteiger partial charge in [-0.25, -0.2) is 0 Å². The van der Waals surface area contributed by atoms with Crippen molar-refractivity contribution in [2.24, 2.45) is 0 Å². The molecule has 12 nitrogen and oxygen atoms in total. The van der Waals surface area contributed by atoms with Crippen LogP contribution in [0.2, 0.25) is 0 Å². The summed E-state index contributed by atoms with van der Waals surface area (Å²) in [6.07, 6.45) is -13.4. The van der Waals surface area contributed by atoms with Crippen LogP contribution in [0.3, 0.4) is 0 Å². The monoisotopic (exact) mass is 383 g/mol. The molecule has 0 unspecified atom stereocenters. The molecule has 152 valence electrons. The van der Waals surface area contributed by atoms with E-state index in [4.69, 9.17) is 19.3 Å². The second-order valence-corrected chi connectivity index (χ2v) is 6.27. The number of hydrogen-bond donors (Lipinski definition) is 8. The summed E-state index contributed by atoms with van der Waals surface area (Å²) in [6.45, 7) is -0.235. The Morgan fingerprint density at radius 3 is 2.31 bits per heavy atom. The lowest BCUT2D eigenvalue weighted by atomic mass is 9.96. The number of rotatable bonds is 6. The Morgan fingerprint density at radius 1 is 1.12 bits per heavy atom. The predicted octanol–water partition coefficient (Wildman–Crippen LogP) is -5.25. The van der Waals surface area contributed by atoms with Crippen molar-refractivity contribution in [2.45, 2.75) is 68.3 Å². The second kappa shape index (κ2) is 8.84. The topological polar surface area (TPSA) is 198 Å². The van der Waals surface area contributed by atoms with Gasteiger partial charge in [-0.15, -0.1) is 0 Å². The van der Waals surface area contributed by atoms with E-state index in [-0.39, 0.29) is 0 Å². The first-order valence-corrected chi connectivity index (χ1v) is 8.06. The van der Waals surface area contributed by atoms with Gasteiger partial charge >= 0.3 is 0 Å². The van der Waals surface area contributed by atoms with Gasteiger partial charge in [0.2, 0.25) is 5.91 Å². The zero-order valence-corrected chi connectivity index (χ0v) is 14.0. The molecule has 0 aliphatic carbocycles. The molecule has 0 aromatic rings. The van der Waals surface area contributed by atoms with Gasteiger partial charge in [0.1, 0.15) is 48.8 Å². The van der Waals surface area contributed by atoms with Gasteiger partial charge < -0.3 is 55.3 Å². The van der Waals surface area contributed by atoms with E-state index in [1.165, 1.54) is 0 Å². The highest BCUT2D eigenvalue weighted by molar-refractivity contribution is 5.73. The van der Waals surface area contributed by atoms with E-state index >= 15 is 0 Å². The lowest BCUT2D eigenvalue weighted by molar-refractivity contribution is -0.296. The van der Waals surface area contributed by atoms with Crippen molar-refractivity contribution < 1.29 is 54.8 Å². The van der Waals surface area contributed by atoms with E-state index < -0.39 is 80.5 Å². The quantitative estimate of drug-likeness (QED) is 0.218. The number of amides is 1. The third-order valence-electron chi connectivity index (χ3n) is 4.36. The minimum atomic E-state index is -1.64. The van der Waals surface area contributed by atoms with Crippen LogP contribution < -0.4 is 5.32 Å². The zero-order chi connectivity index (χ0) is 19.6. The molecular formula is C14H25NO11. The first-order chi connectivity index (χ1) is 12.2. The number of aliphatic hydroxyl groups is 7. The van der Waals surface area contributed by atoms with Crippen LogP contribution in [0, 0.1) is 0 Å². The van der Waals surface area contributed by atoms with Crippen LogP contribution in [-0.4, -0.2) is 116 Å². The van der Waals surface area contributed by atoms with Crippen molar-refractivity contribution in [3.8, 4) is 0 Å². The molecule has 2 fully saturated rings. The average Bonchev–Trinajstić information content (AvgIpc) is 2.88. The van der Waals surface area contributed by atoms with Crippen molar-refractivity contribution in [2.75, 3.05) is 13.2 Å². The maximum absolute atomic E-state index is 11.3. The minimum Gasteiger partial charge on any atom is -0.394 e. The van der Waals surface area contributed by atoms with E-state index in [0.29, 0.717) is 0 Å². The molecule has 0 bridgehead atoms. The molecule has 2 aliphatic rings. The molecule has 10 atom stereocenters. The number of hydrogen-bond acceptors (Lipinski definition) is 11. The molecule has 12 heteroatoms. The Morgan fingerprint density at radius 2 is 1.77 bits per heavy atom. The molecule has 0 aromatic carbocycles. The molecule has 2 heterocycles. The smallest absolute Gasteiger partial charge is 0.217 e. The third kappa shape index (κ3) is 4.31. The van der Waals surface area contributed by atoms with E-state index in [0.717, 1.165) is 6.92 Å². The Hall–Kier alpha value is -0.930. The fourth-order valence-electron chi connectivity index (χ4n) is 3.00. The van der Waals surface area contributed by atoms with Gasteiger partial charge in [-0.3, -0.25) is 4.79 Å². The van der Waals surface area contributed by atoms with Crippen molar-refractivity contribution in [3.63, 3.8) is 0 Å².